The first kappa shape index (κ1) is 22.4. The van der Waals surface area contributed by atoms with Crippen LogP contribution in [0.25, 0.3) is 0 Å². The predicted octanol–water partition coefficient (Wildman–Crippen LogP) is 0.864. The van der Waals surface area contributed by atoms with Gasteiger partial charge in [-0.2, -0.15) is 0 Å². The van der Waals surface area contributed by atoms with Crippen molar-refractivity contribution in [2.24, 2.45) is 32.9 Å². The second-order valence-electron chi connectivity index (χ2n) is 4.63. The van der Waals surface area contributed by atoms with Crippen LogP contribution in [0.3, 0.4) is 0 Å². The number of halogens is 2. The predicted molar refractivity (Wildman–Crippen MR) is 95.7 cm³/mol. The molecule has 1 rings (SSSR count). The highest BCUT2D eigenvalue weighted by atomic mass is 35.5. The Morgan fingerprint density at radius 1 is 0.909 bits per heavy atom. The summed E-state index contributed by atoms with van der Waals surface area (Å²) in [6, 6.07) is 5.73. The largest absolute Gasteiger partial charge is 0.491 e. The van der Waals surface area contributed by atoms with Gasteiger partial charge in [0, 0.05) is 0 Å². The molecule has 0 saturated heterocycles. The highest BCUT2D eigenvalue weighted by Gasteiger charge is 2.04. The zero-order chi connectivity index (χ0) is 15.1. The smallest absolute Gasteiger partial charge is 0.186 e. The van der Waals surface area contributed by atoms with Crippen LogP contribution in [0.4, 0.5) is 0 Å². The standard InChI is InChI=1S/C13H22N6O.2ClH/c1-8(2)20-11-4-9(6-18-12(14)15)3-10(5-11)7-19-13(16)17;;/h3-5,8H,6-7H2,1-2H3,(H4,14,15,18)(H4,16,17,19);2*1H. The Kier molecular flexibility index (Phi) is 11.0. The molecule has 126 valence electrons. The molecule has 8 N–H and O–H groups in total. The van der Waals surface area contributed by atoms with E-state index in [9.17, 15) is 0 Å². The van der Waals surface area contributed by atoms with Crippen LogP contribution in [-0.2, 0) is 13.1 Å². The van der Waals surface area contributed by atoms with Crippen LogP contribution >= 0.6 is 24.8 Å². The van der Waals surface area contributed by atoms with Gasteiger partial charge in [0.2, 0.25) is 0 Å². The zero-order valence-corrected chi connectivity index (χ0v) is 14.3. The average molecular weight is 351 g/mol. The van der Waals surface area contributed by atoms with E-state index in [0.29, 0.717) is 13.1 Å². The van der Waals surface area contributed by atoms with E-state index in [-0.39, 0.29) is 42.8 Å². The van der Waals surface area contributed by atoms with Crippen molar-refractivity contribution >= 4 is 36.7 Å². The summed E-state index contributed by atoms with van der Waals surface area (Å²) in [5, 5.41) is 0. The van der Waals surface area contributed by atoms with Crippen molar-refractivity contribution in [3.63, 3.8) is 0 Å². The number of hydrogen-bond donors (Lipinski definition) is 4. The molecule has 0 atom stereocenters. The second-order valence-corrected chi connectivity index (χ2v) is 4.63. The Morgan fingerprint density at radius 2 is 1.32 bits per heavy atom. The Labute approximate surface area is 143 Å². The number of benzene rings is 1. The van der Waals surface area contributed by atoms with Crippen molar-refractivity contribution in [2.75, 3.05) is 0 Å². The first-order valence-electron chi connectivity index (χ1n) is 6.27. The third-order valence-electron chi connectivity index (χ3n) is 2.29. The topological polar surface area (TPSA) is 138 Å². The third-order valence-corrected chi connectivity index (χ3v) is 2.29. The van der Waals surface area contributed by atoms with Gasteiger partial charge < -0.3 is 27.7 Å². The molecule has 0 aliphatic heterocycles. The molecule has 22 heavy (non-hydrogen) atoms. The van der Waals surface area contributed by atoms with Crippen molar-refractivity contribution in [2.45, 2.75) is 33.0 Å². The van der Waals surface area contributed by atoms with E-state index < -0.39 is 0 Å². The normalized spacial score (nSPS) is 9.23. The quantitative estimate of drug-likeness (QED) is 0.445. The van der Waals surface area contributed by atoms with Gasteiger partial charge in [0.25, 0.3) is 0 Å². The van der Waals surface area contributed by atoms with E-state index in [1.807, 2.05) is 32.0 Å². The minimum absolute atomic E-state index is 0. The Morgan fingerprint density at radius 3 is 1.64 bits per heavy atom. The van der Waals surface area contributed by atoms with Crippen LogP contribution in [0.1, 0.15) is 25.0 Å². The summed E-state index contributed by atoms with van der Waals surface area (Å²) in [7, 11) is 0. The fourth-order valence-electron chi connectivity index (χ4n) is 1.62. The molecular weight excluding hydrogens is 327 g/mol. The molecule has 9 heteroatoms. The lowest BCUT2D eigenvalue weighted by atomic mass is 10.1. The Hall–Kier alpha value is -1.86. The number of aliphatic imine (C=N–C) groups is 2. The molecule has 0 bridgehead atoms. The van der Waals surface area contributed by atoms with Crippen LogP contribution in [0.2, 0.25) is 0 Å². The molecule has 1 aromatic rings. The summed E-state index contributed by atoms with van der Waals surface area (Å²) in [5.74, 6) is 0.834. The van der Waals surface area contributed by atoms with Gasteiger partial charge in [-0.15, -0.1) is 24.8 Å². The van der Waals surface area contributed by atoms with Crippen LogP contribution in [0.15, 0.2) is 28.2 Å². The number of guanidine groups is 2. The lowest BCUT2D eigenvalue weighted by Crippen LogP contribution is -2.22. The summed E-state index contributed by atoms with van der Waals surface area (Å²) >= 11 is 0. The van der Waals surface area contributed by atoms with Gasteiger partial charge in [-0.05, 0) is 37.1 Å². The van der Waals surface area contributed by atoms with Gasteiger partial charge in [-0.25, -0.2) is 9.98 Å². The maximum absolute atomic E-state index is 5.69. The highest BCUT2D eigenvalue weighted by molar-refractivity contribution is 5.85. The molecule has 0 aromatic heterocycles. The van der Waals surface area contributed by atoms with Gasteiger partial charge in [0.05, 0.1) is 19.2 Å². The van der Waals surface area contributed by atoms with Crippen LogP contribution in [-0.4, -0.2) is 18.0 Å². The Bertz CT molecular complexity index is 473. The number of nitrogens with two attached hydrogens (primary N) is 4. The van der Waals surface area contributed by atoms with Gasteiger partial charge in [0.15, 0.2) is 11.9 Å². The Balaban J connectivity index is 0. The fourth-order valence-corrected chi connectivity index (χ4v) is 1.62. The maximum Gasteiger partial charge on any atom is 0.186 e. The summed E-state index contributed by atoms with van der Waals surface area (Å²) in [6.45, 7) is 4.68. The molecule has 7 nitrogen and oxygen atoms in total. The van der Waals surface area contributed by atoms with Crippen molar-refractivity contribution in [1.29, 1.82) is 0 Å². The van der Waals surface area contributed by atoms with E-state index in [0.717, 1.165) is 16.9 Å². The highest BCUT2D eigenvalue weighted by Crippen LogP contribution is 2.20. The molecule has 0 unspecified atom stereocenters. The molecular formula is C13H24Cl2N6O. The third kappa shape index (κ3) is 9.15. The molecule has 0 radical (unpaired) electrons. The van der Waals surface area contributed by atoms with E-state index in [2.05, 4.69) is 9.98 Å². The van der Waals surface area contributed by atoms with Crippen molar-refractivity contribution < 1.29 is 4.74 Å². The van der Waals surface area contributed by atoms with Gasteiger partial charge in [0.1, 0.15) is 5.75 Å². The van der Waals surface area contributed by atoms with Gasteiger partial charge in [-0.1, -0.05) is 6.07 Å². The summed E-state index contributed by atoms with van der Waals surface area (Å²) in [4.78, 5) is 7.97. The summed E-state index contributed by atoms with van der Waals surface area (Å²) in [6.07, 6.45) is 0.0734. The summed E-state index contributed by atoms with van der Waals surface area (Å²) in [5.41, 5.74) is 23.2. The van der Waals surface area contributed by atoms with E-state index >= 15 is 0 Å². The average Bonchev–Trinajstić information content (AvgIpc) is 2.33. The first-order valence-corrected chi connectivity index (χ1v) is 6.27. The lowest BCUT2D eigenvalue weighted by Gasteiger charge is -2.12. The number of rotatable bonds is 6. The zero-order valence-electron chi connectivity index (χ0n) is 12.7. The number of nitrogens with zero attached hydrogens (tertiary/aromatic N) is 2. The number of hydrogen-bond acceptors (Lipinski definition) is 3. The van der Waals surface area contributed by atoms with Crippen molar-refractivity contribution in [1.82, 2.24) is 0 Å². The molecule has 0 fully saturated rings. The molecule has 0 spiro atoms. The second kappa shape index (κ2) is 10.8. The lowest BCUT2D eigenvalue weighted by molar-refractivity contribution is 0.242. The first-order chi connectivity index (χ1) is 9.36. The van der Waals surface area contributed by atoms with Crippen LogP contribution < -0.4 is 27.7 Å². The van der Waals surface area contributed by atoms with E-state index in [4.69, 9.17) is 27.7 Å². The fraction of sp³-hybridized carbons (Fsp3) is 0.385. The minimum atomic E-state index is 0. The van der Waals surface area contributed by atoms with E-state index in [1.54, 1.807) is 0 Å². The van der Waals surface area contributed by atoms with Crippen molar-refractivity contribution in [3.05, 3.63) is 29.3 Å². The SMILES string of the molecule is CC(C)Oc1cc(CN=C(N)N)cc(CN=C(N)N)c1.Cl.Cl. The molecule has 0 saturated carbocycles. The monoisotopic (exact) mass is 350 g/mol. The maximum atomic E-state index is 5.69. The van der Waals surface area contributed by atoms with Gasteiger partial charge in [-0.3, -0.25) is 0 Å². The molecule has 0 aliphatic rings. The van der Waals surface area contributed by atoms with Gasteiger partial charge >= 0.3 is 0 Å². The van der Waals surface area contributed by atoms with Crippen LogP contribution in [0, 0.1) is 0 Å². The minimum Gasteiger partial charge on any atom is -0.491 e. The molecule has 0 amide bonds. The van der Waals surface area contributed by atoms with E-state index in [1.165, 1.54) is 0 Å². The molecule has 0 aliphatic carbocycles. The summed E-state index contributed by atoms with van der Waals surface area (Å²) < 4.78 is 5.69. The molecule has 1 aromatic carbocycles. The van der Waals surface area contributed by atoms with Crippen LogP contribution in [0.5, 0.6) is 5.75 Å². The van der Waals surface area contributed by atoms with Crippen molar-refractivity contribution in [3.8, 4) is 5.75 Å². The number of ether oxygens (including phenoxy) is 1. The molecule has 0 heterocycles.